The topological polar surface area (TPSA) is 90.7 Å². The third-order valence-electron chi connectivity index (χ3n) is 1.57. The maximum atomic E-state index is 12.2. The molecule has 0 spiro atoms. The van der Waals surface area contributed by atoms with Crippen molar-refractivity contribution in [3.8, 4) is 0 Å². The van der Waals surface area contributed by atoms with Crippen LogP contribution in [0.2, 0.25) is 0 Å². The minimum atomic E-state index is -4.42. The molecule has 1 aromatic heterocycles. The first-order valence-electron chi connectivity index (χ1n) is 3.64. The third kappa shape index (κ3) is 2.21. The summed E-state index contributed by atoms with van der Waals surface area (Å²) in [4.78, 5) is 10.1. The highest BCUT2D eigenvalue weighted by atomic mass is 19.4. The Morgan fingerprint density at radius 3 is 1.86 bits per heavy atom. The second-order valence-electron chi connectivity index (χ2n) is 2.67. The number of nitrogen functional groups attached to an aromatic ring is 2. The molecule has 0 unspecified atom stereocenters. The van der Waals surface area contributed by atoms with Gasteiger partial charge in [0.1, 0.15) is 11.7 Å². The molecule has 78 valence electrons. The van der Waals surface area contributed by atoms with Crippen LogP contribution < -0.4 is 11.5 Å². The van der Waals surface area contributed by atoms with Gasteiger partial charge in [-0.15, -0.1) is 0 Å². The number of alkyl halides is 3. The van der Waals surface area contributed by atoms with Gasteiger partial charge in [0.2, 0.25) is 11.9 Å². The van der Waals surface area contributed by atoms with Crippen molar-refractivity contribution in [3.63, 3.8) is 0 Å². The second kappa shape index (κ2) is 3.28. The van der Waals surface area contributed by atoms with E-state index < -0.39 is 17.9 Å². The van der Waals surface area contributed by atoms with Crippen molar-refractivity contribution in [2.75, 3.05) is 11.5 Å². The van der Waals surface area contributed by atoms with Crippen molar-refractivity contribution in [3.05, 3.63) is 5.82 Å². The highest BCUT2D eigenvalue weighted by Gasteiger charge is 2.39. The monoisotopic (exact) mass is 207 g/mol. The highest BCUT2D eigenvalue weighted by molar-refractivity contribution is 5.27. The van der Waals surface area contributed by atoms with E-state index in [1.807, 2.05) is 0 Å². The molecule has 1 rings (SSSR count). The van der Waals surface area contributed by atoms with Crippen LogP contribution in [0.25, 0.3) is 0 Å². The number of nitrogens with zero attached hydrogens (tertiary/aromatic N) is 3. The van der Waals surface area contributed by atoms with Crippen molar-refractivity contribution in [1.29, 1.82) is 0 Å². The van der Waals surface area contributed by atoms with Crippen LogP contribution in [-0.4, -0.2) is 21.1 Å². The van der Waals surface area contributed by atoms with Gasteiger partial charge in [0.15, 0.2) is 0 Å². The lowest BCUT2D eigenvalue weighted by atomic mass is 10.1. The number of anilines is 2. The molecule has 4 N–H and O–H groups in total. The molecule has 0 radical (unpaired) electrons. The van der Waals surface area contributed by atoms with Gasteiger partial charge in [-0.3, -0.25) is 0 Å². The van der Waals surface area contributed by atoms with Gasteiger partial charge in [-0.25, -0.2) is 0 Å². The number of rotatable bonds is 1. The highest BCUT2D eigenvalue weighted by Crippen LogP contribution is 2.32. The molecule has 0 saturated heterocycles. The normalized spacial score (nSPS) is 14.0. The molecule has 0 aliphatic rings. The Hall–Kier alpha value is -1.60. The number of nitrogens with two attached hydrogens (primary N) is 2. The van der Waals surface area contributed by atoms with Gasteiger partial charge in [-0.05, 0) is 6.92 Å². The Morgan fingerprint density at radius 2 is 1.50 bits per heavy atom. The number of hydrogen-bond donors (Lipinski definition) is 2. The van der Waals surface area contributed by atoms with Gasteiger partial charge in [0.05, 0.1) is 0 Å². The minimum Gasteiger partial charge on any atom is -0.368 e. The molecule has 1 heterocycles. The maximum Gasteiger partial charge on any atom is 0.398 e. The predicted molar refractivity (Wildman–Crippen MR) is 43.1 cm³/mol. The van der Waals surface area contributed by atoms with Gasteiger partial charge in [-0.1, -0.05) is 0 Å². The fraction of sp³-hybridized carbons (Fsp3) is 0.500. The van der Waals surface area contributed by atoms with Crippen LogP contribution in [0, 0.1) is 0 Å². The average Bonchev–Trinajstić information content (AvgIpc) is 1.99. The lowest BCUT2D eigenvalue weighted by Gasteiger charge is -2.13. The Labute approximate surface area is 77.4 Å². The SMILES string of the molecule is C[C@@H](c1nc(N)nc(N)n1)C(F)(F)F. The van der Waals surface area contributed by atoms with Gasteiger partial charge >= 0.3 is 6.18 Å². The van der Waals surface area contributed by atoms with Crippen molar-refractivity contribution in [2.24, 2.45) is 0 Å². The van der Waals surface area contributed by atoms with E-state index in [1.165, 1.54) is 0 Å². The van der Waals surface area contributed by atoms with Crippen LogP contribution in [0.4, 0.5) is 25.1 Å². The standard InChI is InChI=1S/C6H8F3N5/c1-2(6(7,8)9)3-12-4(10)14-5(11)13-3/h2H,1H3,(H4,10,11,12,13,14)/t2-/m0/s1. The number of aromatic nitrogens is 3. The van der Waals surface area contributed by atoms with Crippen LogP contribution in [-0.2, 0) is 0 Å². The molecule has 1 aromatic rings. The zero-order chi connectivity index (χ0) is 10.9. The number of halogens is 3. The molecule has 5 nitrogen and oxygen atoms in total. The Kier molecular flexibility index (Phi) is 2.45. The van der Waals surface area contributed by atoms with E-state index in [9.17, 15) is 13.2 Å². The van der Waals surface area contributed by atoms with Gasteiger partial charge < -0.3 is 11.5 Å². The first-order valence-corrected chi connectivity index (χ1v) is 3.64. The maximum absolute atomic E-state index is 12.2. The van der Waals surface area contributed by atoms with Crippen LogP contribution in [0.5, 0.6) is 0 Å². The molecule has 0 amide bonds. The summed E-state index contributed by atoms with van der Waals surface area (Å²) >= 11 is 0. The molecule has 8 heteroatoms. The minimum absolute atomic E-state index is 0.316. The van der Waals surface area contributed by atoms with Gasteiger partial charge in [0, 0.05) is 0 Å². The summed E-state index contributed by atoms with van der Waals surface area (Å²) in [6.45, 7) is 0.925. The van der Waals surface area contributed by atoms with E-state index in [-0.39, 0.29) is 11.9 Å². The number of hydrogen-bond acceptors (Lipinski definition) is 5. The molecular formula is C6H8F3N5. The van der Waals surface area contributed by atoms with Gasteiger partial charge in [-0.2, -0.15) is 28.1 Å². The molecule has 0 fully saturated rings. The largest absolute Gasteiger partial charge is 0.398 e. The molecule has 1 atom stereocenters. The van der Waals surface area contributed by atoms with Crippen LogP contribution in [0.15, 0.2) is 0 Å². The lowest BCUT2D eigenvalue weighted by molar-refractivity contribution is -0.147. The fourth-order valence-electron chi connectivity index (χ4n) is 0.767. The van der Waals surface area contributed by atoms with Gasteiger partial charge in [0.25, 0.3) is 0 Å². The molecule has 0 saturated carbocycles. The second-order valence-corrected chi connectivity index (χ2v) is 2.67. The van der Waals surface area contributed by atoms with Crippen molar-refractivity contribution in [1.82, 2.24) is 15.0 Å². The van der Waals surface area contributed by atoms with Crippen LogP contribution >= 0.6 is 0 Å². The summed E-state index contributed by atoms with van der Waals surface area (Å²) in [6, 6.07) is 0. The smallest absolute Gasteiger partial charge is 0.368 e. The molecular weight excluding hydrogens is 199 g/mol. The van der Waals surface area contributed by atoms with E-state index in [0.29, 0.717) is 0 Å². The summed E-state index contributed by atoms with van der Waals surface area (Å²) in [6.07, 6.45) is -4.42. The zero-order valence-electron chi connectivity index (χ0n) is 7.21. The Morgan fingerprint density at radius 1 is 1.07 bits per heavy atom. The Bertz CT molecular complexity index is 316. The fourth-order valence-corrected chi connectivity index (χ4v) is 0.767. The van der Waals surface area contributed by atoms with E-state index >= 15 is 0 Å². The van der Waals surface area contributed by atoms with E-state index in [2.05, 4.69) is 15.0 Å². The molecule has 14 heavy (non-hydrogen) atoms. The Balaban J connectivity index is 3.07. The third-order valence-corrected chi connectivity index (χ3v) is 1.57. The summed E-state index contributed by atoms with van der Waals surface area (Å²) in [5, 5.41) is 0. The van der Waals surface area contributed by atoms with Crippen LogP contribution in [0.1, 0.15) is 18.7 Å². The summed E-state index contributed by atoms with van der Waals surface area (Å²) < 4.78 is 36.6. The first kappa shape index (κ1) is 10.5. The predicted octanol–water partition coefficient (Wildman–Crippen LogP) is 0.702. The van der Waals surface area contributed by atoms with Crippen molar-refractivity contribution < 1.29 is 13.2 Å². The van der Waals surface area contributed by atoms with E-state index in [4.69, 9.17) is 11.5 Å². The quantitative estimate of drug-likeness (QED) is 0.707. The molecule has 0 aliphatic heterocycles. The zero-order valence-corrected chi connectivity index (χ0v) is 7.21. The average molecular weight is 207 g/mol. The summed E-state index contributed by atoms with van der Waals surface area (Å²) in [5.41, 5.74) is 10.3. The molecule has 0 bridgehead atoms. The molecule has 0 aromatic carbocycles. The lowest BCUT2D eigenvalue weighted by Crippen LogP contribution is -2.21. The summed E-state index contributed by atoms with van der Waals surface area (Å²) in [7, 11) is 0. The summed E-state index contributed by atoms with van der Waals surface area (Å²) in [5.74, 6) is -2.91. The van der Waals surface area contributed by atoms with Crippen molar-refractivity contribution in [2.45, 2.75) is 19.0 Å². The van der Waals surface area contributed by atoms with E-state index in [1.54, 1.807) is 0 Å². The van der Waals surface area contributed by atoms with Crippen LogP contribution in [0.3, 0.4) is 0 Å². The molecule has 0 aliphatic carbocycles. The first-order chi connectivity index (χ1) is 6.30. The van der Waals surface area contributed by atoms with Crippen molar-refractivity contribution >= 4 is 11.9 Å². The van der Waals surface area contributed by atoms with E-state index in [0.717, 1.165) is 6.92 Å².